The molecular formula is C22H24N4O3. The second-order valence-corrected chi connectivity index (χ2v) is 7.02. The van der Waals surface area contributed by atoms with E-state index in [1.54, 1.807) is 31.4 Å². The highest BCUT2D eigenvalue weighted by molar-refractivity contribution is 5.94. The van der Waals surface area contributed by atoms with E-state index in [2.05, 4.69) is 20.4 Å². The van der Waals surface area contributed by atoms with E-state index in [-0.39, 0.29) is 5.91 Å². The van der Waals surface area contributed by atoms with Crippen LogP contribution in [0, 0.1) is 0 Å². The molecular weight excluding hydrogens is 368 g/mol. The lowest BCUT2D eigenvalue weighted by Gasteiger charge is -2.24. The maximum absolute atomic E-state index is 12.9. The monoisotopic (exact) mass is 392 g/mol. The fourth-order valence-electron chi connectivity index (χ4n) is 3.45. The van der Waals surface area contributed by atoms with Gasteiger partial charge in [0.1, 0.15) is 11.8 Å². The molecule has 3 aromatic rings. The summed E-state index contributed by atoms with van der Waals surface area (Å²) in [5.74, 6) is 0.849. The lowest BCUT2D eigenvalue weighted by atomic mass is 10.1. The number of nitrogens with one attached hydrogen (secondary N) is 1. The first-order valence-electron chi connectivity index (χ1n) is 9.83. The smallest absolute Gasteiger partial charge is 0.318 e. The molecule has 1 aliphatic rings. The van der Waals surface area contributed by atoms with Crippen LogP contribution in [0.1, 0.15) is 47.1 Å². The Morgan fingerprint density at radius 1 is 1.03 bits per heavy atom. The maximum Gasteiger partial charge on any atom is 0.318 e. The quantitative estimate of drug-likeness (QED) is 0.691. The average Bonchev–Trinajstić information content (AvgIpc) is 3.28. The van der Waals surface area contributed by atoms with E-state index in [1.807, 2.05) is 30.3 Å². The molecule has 1 aromatic heterocycles. The minimum absolute atomic E-state index is 0.223. The van der Waals surface area contributed by atoms with E-state index in [4.69, 9.17) is 9.15 Å². The van der Waals surface area contributed by atoms with Gasteiger partial charge in [0.25, 0.3) is 5.91 Å². The van der Waals surface area contributed by atoms with Crippen LogP contribution in [0.5, 0.6) is 5.75 Å². The molecule has 0 spiro atoms. The van der Waals surface area contributed by atoms with Gasteiger partial charge in [-0.3, -0.25) is 4.79 Å². The Morgan fingerprint density at radius 3 is 2.45 bits per heavy atom. The molecule has 1 fully saturated rings. The highest BCUT2D eigenvalue weighted by Gasteiger charge is 2.25. The standard InChI is InChI=1S/C22H24N4O3/c1-28-18-12-10-17(11-13-18)20(27)23-19(16-8-4-2-5-9-16)21-24-25-22(29-21)26-14-6-3-7-15-26/h2,4-5,8-13,19H,3,6-7,14-15H2,1H3,(H,23,27). The SMILES string of the molecule is COc1ccc(C(=O)NC(c2ccccc2)c2nnc(N3CCCCC3)o2)cc1. The zero-order valence-corrected chi connectivity index (χ0v) is 16.4. The number of amides is 1. The van der Waals surface area contributed by atoms with Gasteiger partial charge in [-0.05, 0) is 49.1 Å². The van der Waals surface area contributed by atoms with Crippen LogP contribution in [0.2, 0.25) is 0 Å². The van der Waals surface area contributed by atoms with Gasteiger partial charge in [0, 0.05) is 18.7 Å². The van der Waals surface area contributed by atoms with Crippen molar-refractivity contribution in [2.45, 2.75) is 25.3 Å². The first-order valence-corrected chi connectivity index (χ1v) is 9.83. The molecule has 1 N–H and O–H groups in total. The number of hydrogen-bond donors (Lipinski definition) is 1. The first kappa shape index (κ1) is 19.0. The molecule has 2 heterocycles. The second kappa shape index (κ2) is 8.77. The summed E-state index contributed by atoms with van der Waals surface area (Å²) in [5.41, 5.74) is 1.41. The lowest BCUT2D eigenvalue weighted by molar-refractivity contribution is 0.0938. The number of anilines is 1. The van der Waals surface area contributed by atoms with E-state index in [1.165, 1.54) is 6.42 Å². The molecule has 0 radical (unpaired) electrons. The third-order valence-corrected chi connectivity index (χ3v) is 5.06. The van der Waals surface area contributed by atoms with Crippen LogP contribution in [0.4, 0.5) is 6.01 Å². The first-order chi connectivity index (χ1) is 14.2. The lowest BCUT2D eigenvalue weighted by Crippen LogP contribution is -2.30. The fourth-order valence-corrected chi connectivity index (χ4v) is 3.45. The fraction of sp³-hybridized carbons (Fsp3) is 0.318. The number of benzene rings is 2. The molecule has 1 unspecified atom stereocenters. The number of nitrogens with zero attached hydrogens (tertiary/aromatic N) is 3. The molecule has 2 aromatic carbocycles. The van der Waals surface area contributed by atoms with Crippen molar-refractivity contribution in [2.75, 3.05) is 25.1 Å². The summed E-state index contributed by atoms with van der Waals surface area (Å²) in [5, 5.41) is 11.5. The van der Waals surface area contributed by atoms with Crippen molar-refractivity contribution in [2.24, 2.45) is 0 Å². The van der Waals surface area contributed by atoms with Crippen LogP contribution < -0.4 is 15.0 Å². The summed E-state index contributed by atoms with van der Waals surface area (Å²) in [6.45, 7) is 1.83. The van der Waals surface area contributed by atoms with Crippen molar-refractivity contribution in [3.63, 3.8) is 0 Å². The Labute approximate surface area is 169 Å². The summed E-state index contributed by atoms with van der Waals surface area (Å²) < 4.78 is 11.1. The molecule has 0 aliphatic carbocycles. The van der Waals surface area contributed by atoms with Crippen LogP contribution in [0.15, 0.2) is 59.0 Å². The van der Waals surface area contributed by atoms with Crippen LogP contribution in [-0.4, -0.2) is 36.3 Å². The van der Waals surface area contributed by atoms with Gasteiger partial charge in [0.2, 0.25) is 5.89 Å². The van der Waals surface area contributed by atoms with Crippen LogP contribution in [0.3, 0.4) is 0 Å². The summed E-state index contributed by atoms with van der Waals surface area (Å²) in [6, 6.07) is 16.6. The van der Waals surface area contributed by atoms with Crippen molar-refractivity contribution in [1.29, 1.82) is 0 Å². The van der Waals surface area contributed by atoms with Crippen molar-refractivity contribution in [3.8, 4) is 5.75 Å². The number of ether oxygens (including phenoxy) is 1. The number of rotatable bonds is 6. The molecule has 1 amide bonds. The zero-order valence-electron chi connectivity index (χ0n) is 16.4. The molecule has 1 atom stereocenters. The zero-order chi connectivity index (χ0) is 20.1. The normalized spacial score (nSPS) is 15.0. The van der Waals surface area contributed by atoms with E-state index in [0.29, 0.717) is 23.2 Å². The molecule has 7 nitrogen and oxygen atoms in total. The van der Waals surface area contributed by atoms with E-state index < -0.39 is 6.04 Å². The number of aromatic nitrogens is 2. The van der Waals surface area contributed by atoms with Gasteiger partial charge < -0.3 is 19.4 Å². The second-order valence-electron chi connectivity index (χ2n) is 7.02. The number of carbonyl (C=O) groups is 1. The van der Waals surface area contributed by atoms with Gasteiger partial charge >= 0.3 is 6.01 Å². The topological polar surface area (TPSA) is 80.5 Å². The summed E-state index contributed by atoms with van der Waals surface area (Å²) in [7, 11) is 1.59. The molecule has 1 aliphatic heterocycles. The molecule has 1 saturated heterocycles. The summed E-state index contributed by atoms with van der Waals surface area (Å²) >= 11 is 0. The predicted molar refractivity (Wildman–Crippen MR) is 109 cm³/mol. The van der Waals surface area contributed by atoms with Gasteiger partial charge in [-0.1, -0.05) is 35.4 Å². The van der Waals surface area contributed by atoms with E-state index in [9.17, 15) is 4.79 Å². The molecule has 0 bridgehead atoms. The summed E-state index contributed by atoms with van der Waals surface area (Å²) in [4.78, 5) is 15.0. The molecule has 29 heavy (non-hydrogen) atoms. The van der Waals surface area contributed by atoms with Crippen LogP contribution >= 0.6 is 0 Å². The van der Waals surface area contributed by atoms with Crippen molar-refractivity contribution in [3.05, 3.63) is 71.6 Å². The van der Waals surface area contributed by atoms with E-state index >= 15 is 0 Å². The van der Waals surface area contributed by atoms with E-state index in [0.717, 1.165) is 31.5 Å². The van der Waals surface area contributed by atoms with Gasteiger partial charge in [0.15, 0.2) is 0 Å². The highest BCUT2D eigenvalue weighted by atomic mass is 16.5. The minimum atomic E-state index is -0.531. The Bertz CT molecular complexity index is 934. The Kier molecular flexibility index (Phi) is 5.74. The average molecular weight is 392 g/mol. The Balaban J connectivity index is 1.58. The third kappa shape index (κ3) is 4.39. The number of piperidine rings is 1. The number of hydrogen-bond acceptors (Lipinski definition) is 6. The van der Waals surface area contributed by atoms with Crippen LogP contribution in [-0.2, 0) is 0 Å². The predicted octanol–water partition coefficient (Wildman–Crippen LogP) is 3.59. The molecule has 150 valence electrons. The Morgan fingerprint density at radius 2 is 1.76 bits per heavy atom. The van der Waals surface area contributed by atoms with Gasteiger partial charge in [0.05, 0.1) is 7.11 Å². The number of methoxy groups -OCH3 is 1. The van der Waals surface area contributed by atoms with Crippen LogP contribution in [0.25, 0.3) is 0 Å². The third-order valence-electron chi connectivity index (χ3n) is 5.06. The van der Waals surface area contributed by atoms with Crippen molar-refractivity contribution in [1.82, 2.24) is 15.5 Å². The molecule has 0 saturated carbocycles. The van der Waals surface area contributed by atoms with Crippen molar-refractivity contribution < 1.29 is 13.9 Å². The largest absolute Gasteiger partial charge is 0.497 e. The number of carbonyl (C=O) groups excluding carboxylic acids is 1. The van der Waals surface area contributed by atoms with Gasteiger partial charge in [-0.15, -0.1) is 5.10 Å². The molecule has 4 rings (SSSR count). The van der Waals surface area contributed by atoms with Crippen molar-refractivity contribution >= 4 is 11.9 Å². The Hall–Kier alpha value is -3.35. The minimum Gasteiger partial charge on any atom is -0.497 e. The maximum atomic E-state index is 12.9. The summed E-state index contributed by atoms with van der Waals surface area (Å²) in [6.07, 6.45) is 3.46. The highest BCUT2D eigenvalue weighted by Crippen LogP contribution is 2.26. The van der Waals surface area contributed by atoms with Gasteiger partial charge in [-0.25, -0.2) is 0 Å². The van der Waals surface area contributed by atoms with Gasteiger partial charge in [-0.2, -0.15) is 0 Å². The molecule has 7 heteroatoms.